The van der Waals surface area contributed by atoms with Crippen LogP contribution < -0.4 is 10.6 Å². The normalized spacial score (nSPS) is 18.7. The number of aliphatic hydroxyl groups excluding tert-OH is 1. The van der Waals surface area contributed by atoms with Crippen molar-refractivity contribution in [2.24, 2.45) is 0 Å². The Balaban J connectivity index is 2.03. The third kappa shape index (κ3) is 3.43. The monoisotopic (exact) mass is 314 g/mol. The highest BCUT2D eigenvalue weighted by atomic mass is 16.5. The molecule has 1 fully saturated rings. The first-order valence-electron chi connectivity index (χ1n) is 7.83. The summed E-state index contributed by atoms with van der Waals surface area (Å²) >= 11 is 0. The van der Waals surface area contributed by atoms with E-state index in [1.165, 1.54) is 0 Å². The molecule has 1 aliphatic heterocycles. The van der Waals surface area contributed by atoms with Crippen molar-refractivity contribution in [2.75, 3.05) is 30.4 Å². The number of hydrogen-bond acceptors (Lipinski definition) is 6. The lowest BCUT2D eigenvalue weighted by Gasteiger charge is -2.32. The van der Waals surface area contributed by atoms with Gasteiger partial charge in [0.15, 0.2) is 0 Å². The lowest BCUT2D eigenvalue weighted by Crippen LogP contribution is -2.32. The number of nitrogen functional groups attached to an aromatic ring is 1. The van der Waals surface area contributed by atoms with Gasteiger partial charge >= 0.3 is 0 Å². The van der Waals surface area contributed by atoms with E-state index in [0.717, 1.165) is 35.6 Å². The zero-order valence-corrected chi connectivity index (χ0v) is 13.3. The maximum absolute atomic E-state index is 9.66. The van der Waals surface area contributed by atoms with Crippen molar-refractivity contribution in [1.29, 1.82) is 0 Å². The van der Waals surface area contributed by atoms with Gasteiger partial charge in [-0.3, -0.25) is 0 Å². The summed E-state index contributed by atoms with van der Waals surface area (Å²) < 4.78 is 5.78. The van der Waals surface area contributed by atoms with Crippen LogP contribution in [0.4, 0.5) is 11.8 Å². The van der Waals surface area contributed by atoms with Crippen LogP contribution in [0, 0.1) is 6.92 Å². The predicted octanol–water partition coefficient (Wildman–Crippen LogP) is 1.83. The van der Waals surface area contributed by atoms with Gasteiger partial charge in [0.25, 0.3) is 0 Å². The Kier molecular flexibility index (Phi) is 4.73. The fourth-order valence-corrected chi connectivity index (χ4v) is 3.03. The number of ether oxygens (including phenoxy) is 1. The van der Waals surface area contributed by atoms with Crippen LogP contribution in [-0.4, -0.2) is 34.8 Å². The van der Waals surface area contributed by atoms with Gasteiger partial charge in [-0.05, 0) is 24.5 Å². The fourth-order valence-electron chi connectivity index (χ4n) is 3.03. The van der Waals surface area contributed by atoms with Gasteiger partial charge in [-0.1, -0.05) is 24.3 Å². The van der Waals surface area contributed by atoms with Crippen LogP contribution in [0.2, 0.25) is 0 Å². The maximum Gasteiger partial charge on any atom is 0.222 e. The highest BCUT2D eigenvalue weighted by Crippen LogP contribution is 2.31. The zero-order valence-electron chi connectivity index (χ0n) is 13.3. The van der Waals surface area contributed by atoms with Crippen molar-refractivity contribution in [3.8, 4) is 0 Å². The second kappa shape index (κ2) is 6.93. The minimum atomic E-state index is -0.00505. The summed E-state index contributed by atoms with van der Waals surface area (Å²) in [6.07, 6.45) is 0.917. The molecule has 6 heteroatoms. The third-order valence-corrected chi connectivity index (χ3v) is 4.08. The molecule has 0 bridgehead atoms. The minimum absolute atomic E-state index is 0.00505. The van der Waals surface area contributed by atoms with Crippen LogP contribution >= 0.6 is 0 Å². The number of aliphatic hydroxyl groups is 1. The fraction of sp³-hybridized carbons (Fsp3) is 0.412. The predicted molar refractivity (Wildman–Crippen MR) is 89.1 cm³/mol. The Morgan fingerprint density at radius 1 is 1.35 bits per heavy atom. The van der Waals surface area contributed by atoms with Crippen molar-refractivity contribution in [3.05, 3.63) is 47.2 Å². The number of anilines is 2. The van der Waals surface area contributed by atoms with E-state index < -0.39 is 0 Å². The third-order valence-electron chi connectivity index (χ3n) is 4.08. The van der Waals surface area contributed by atoms with Gasteiger partial charge in [0, 0.05) is 24.9 Å². The molecule has 0 radical (unpaired) electrons. The first-order valence-corrected chi connectivity index (χ1v) is 7.83. The van der Waals surface area contributed by atoms with E-state index in [1.54, 1.807) is 0 Å². The molecule has 0 spiro atoms. The standard InChI is InChI=1S/C17H22N4O2/c1-12-9-16(20-17(18)19-12)21-7-4-8-23-11-15(21)14-6-3-2-5-13(14)10-22/h2-3,5-6,9,15,22H,4,7-8,10-11H2,1H3,(H2,18,19,20)/t15-/m0/s1. The first kappa shape index (κ1) is 15.7. The summed E-state index contributed by atoms with van der Waals surface area (Å²) in [5.41, 5.74) is 8.64. The molecule has 6 nitrogen and oxygen atoms in total. The average Bonchev–Trinajstić information content (AvgIpc) is 2.79. The van der Waals surface area contributed by atoms with Gasteiger partial charge in [0.05, 0.1) is 19.3 Å². The molecule has 1 aromatic carbocycles. The van der Waals surface area contributed by atoms with Gasteiger partial charge in [-0.2, -0.15) is 4.98 Å². The van der Waals surface area contributed by atoms with Crippen LogP contribution in [0.1, 0.15) is 29.3 Å². The molecule has 2 heterocycles. The van der Waals surface area contributed by atoms with E-state index >= 15 is 0 Å². The first-order chi connectivity index (χ1) is 11.2. The van der Waals surface area contributed by atoms with Gasteiger partial charge in [-0.15, -0.1) is 0 Å². The molecule has 0 saturated carbocycles. The van der Waals surface area contributed by atoms with Gasteiger partial charge in [0.1, 0.15) is 5.82 Å². The molecular formula is C17H22N4O2. The number of rotatable bonds is 3. The number of aryl methyl sites for hydroxylation is 1. The molecule has 1 atom stereocenters. The topological polar surface area (TPSA) is 84.5 Å². The van der Waals surface area contributed by atoms with Crippen molar-refractivity contribution in [2.45, 2.75) is 26.0 Å². The molecule has 0 unspecified atom stereocenters. The molecule has 3 N–H and O–H groups in total. The van der Waals surface area contributed by atoms with Crippen LogP contribution in [0.25, 0.3) is 0 Å². The van der Waals surface area contributed by atoms with Gasteiger partial charge in [0.2, 0.25) is 5.95 Å². The van der Waals surface area contributed by atoms with Crippen molar-refractivity contribution >= 4 is 11.8 Å². The number of aromatic nitrogens is 2. The van der Waals surface area contributed by atoms with Crippen LogP contribution in [-0.2, 0) is 11.3 Å². The molecule has 3 rings (SSSR count). The van der Waals surface area contributed by atoms with E-state index in [-0.39, 0.29) is 18.6 Å². The van der Waals surface area contributed by atoms with Crippen LogP contribution in [0.15, 0.2) is 30.3 Å². The Hall–Kier alpha value is -2.18. The summed E-state index contributed by atoms with van der Waals surface area (Å²) in [5.74, 6) is 1.08. The number of hydrogen-bond donors (Lipinski definition) is 2. The van der Waals surface area contributed by atoms with E-state index in [1.807, 2.05) is 37.3 Å². The molecule has 0 amide bonds. The highest BCUT2D eigenvalue weighted by Gasteiger charge is 2.26. The lowest BCUT2D eigenvalue weighted by molar-refractivity contribution is 0.134. The van der Waals surface area contributed by atoms with E-state index in [0.29, 0.717) is 13.2 Å². The summed E-state index contributed by atoms with van der Waals surface area (Å²) in [5, 5.41) is 9.66. The number of nitrogens with two attached hydrogens (primary N) is 1. The SMILES string of the molecule is Cc1cc(N2CCCOC[C@H]2c2ccccc2CO)nc(N)n1. The van der Waals surface area contributed by atoms with Crippen molar-refractivity contribution in [3.63, 3.8) is 0 Å². The molecule has 122 valence electrons. The molecule has 2 aromatic rings. The Morgan fingerprint density at radius 3 is 2.96 bits per heavy atom. The number of benzene rings is 1. The summed E-state index contributed by atoms with van der Waals surface area (Å²) in [7, 11) is 0. The molecule has 1 aliphatic rings. The van der Waals surface area contributed by atoms with Crippen molar-refractivity contribution < 1.29 is 9.84 Å². The van der Waals surface area contributed by atoms with E-state index in [9.17, 15) is 5.11 Å². The quantitative estimate of drug-likeness (QED) is 0.899. The largest absolute Gasteiger partial charge is 0.392 e. The van der Waals surface area contributed by atoms with Gasteiger partial charge in [-0.25, -0.2) is 4.98 Å². The highest BCUT2D eigenvalue weighted by molar-refractivity contribution is 5.47. The second-order valence-corrected chi connectivity index (χ2v) is 5.72. The summed E-state index contributed by atoms with van der Waals surface area (Å²) in [4.78, 5) is 10.8. The summed E-state index contributed by atoms with van der Waals surface area (Å²) in [6.45, 7) is 4.01. The van der Waals surface area contributed by atoms with Crippen LogP contribution in [0.5, 0.6) is 0 Å². The lowest BCUT2D eigenvalue weighted by atomic mass is 9.99. The average molecular weight is 314 g/mol. The number of nitrogens with zero attached hydrogens (tertiary/aromatic N) is 3. The Labute approximate surface area is 135 Å². The Morgan fingerprint density at radius 2 is 2.17 bits per heavy atom. The molecule has 0 aliphatic carbocycles. The molecule has 1 aromatic heterocycles. The van der Waals surface area contributed by atoms with Crippen LogP contribution in [0.3, 0.4) is 0 Å². The van der Waals surface area contributed by atoms with E-state index in [4.69, 9.17) is 10.5 Å². The summed E-state index contributed by atoms with van der Waals surface area (Å²) in [6, 6.07) is 9.83. The smallest absolute Gasteiger partial charge is 0.222 e. The van der Waals surface area contributed by atoms with Crippen molar-refractivity contribution in [1.82, 2.24) is 9.97 Å². The van der Waals surface area contributed by atoms with E-state index in [2.05, 4.69) is 14.9 Å². The minimum Gasteiger partial charge on any atom is -0.392 e. The molecule has 23 heavy (non-hydrogen) atoms. The van der Waals surface area contributed by atoms with Gasteiger partial charge < -0.3 is 20.5 Å². The molecule has 1 saturated heterocycles. The molecular weight excluding hydrogens is 292 g/mol. The maximum atomic E-state index is 9.66. The Bertz CT molecular complexity index is 657. The second-order valence-electron chi connectivity index (χ2n) is 5.72. The zero-order chi connectivity index (χ0) is 16.2.